The molecule has 17 rings (SSSR count). The van der Waals surface area contributed by atoms with Gasteiger partial charge in [-0.2, -0.15) is 0 Å². The number of nitrogens with zero attached hydrogens (tertiary/aromatic N) is 5. The summed E-state index contributed by atoms with van der Waals surface area (Å²) >= 11 is 1.89. The van der Waals surface area contributed by atoms with Crippen LogP contribution < -0.4 is 0 Å². The van der Waals surface area contributed by atoms with Gasteiger partial charge in [0.15, 0.2) is 0 Å². The second-order valence-corrected chi connectivity index (χ2v) is 28.4. The highest BCUT2D eigenvalue weighted by Gasteiger charge is 2.34. The van der Waals surface area contributed by atoms with E-state index in [1.165, 1.54) is 181 Å². The second-order valence-electron chi connectivity index (χ2n) is 27.2. The average Bonchev–Trinajstić information content (AvgIpc) is 1.61. The first-order valence-electron chi connectivity index (χ1n) is 33.3. The van der Waals surface area contributed by atoms with Crippen molar-refractivity contribution in [3.63, 3.8) is 0 Å². The summed E-state index contributed by atoms with van der Waals surface area (Å²) in [6, 6.07) is 84.7. The number of benzene rings is 11. The maximum absolute atomic E-state index is 4.31. The van der Waals surface area contributed by atoms with Crippen molar-refractivity contribution in [3.8, 4) is 33.9 Å². The summed E-state index contributed by atoms with van der Waals surface area (Å²) in [5.74, 6) is 0.651. The van der Waals surface area contributed by atoms with E-state index >= 15 is 0 Å². The largest absolute Gasteiger partial charge is 0.309 e. The van der Waals surface area contributed by atoms with Crippen molar-refractivity contribution in [2.24, 2.45) is 5.41 Å². The van der Waals surface area contributed by atoms with Crippen molar-refractivity contribution < 1.29 is 0 Å². The summed E-state index contributed by atoms with van der Waals surface area (Å²) in [5.41, 5.74) is 24.4. The van der Waals surface area contributed by atoms with Gasteiger partial charge in [-0.25, -0.2) is 15.0 Å². The summed E-state index contributed by atoms with van der Waals surface area (Å²) in [4.78, 5) is 13.9. The average molecular weight is 1250 g/mol. The van der Waals surface area contributed by atoms with Crippen molar-refractivity contribution in [1.82, 2.24) is 24.1 Å². The summed E-state index contributed by atoms with van der Waals surface area (Å²) in [6.07, 6.45) is 10.4. The molecule has 0 aliphatic heterocycles. The molecule has 0 amide bonds. The molecule has 0 radical (unpaired) electrons. The van der Waals surface area contributed by atoms with Crippen LogP contribution in [0, 0.1) is 60.8 Å². The van der Waals surface area contributed by atoms with Gasteiger partial charge in [0, 0.05) is 53.2 Å². The van der Waals surface area contributed by atoms with Crippen LogP contribution >= 0.6 is 11.3 Å². The molecule has 1 saturated carbocycles. The van der Waals surface area contributed by atoms with Gasteiger partial charge in [0.25, 0.3) is 0 Å². The lowest BCUT2D eigenvalue weighted by Crippen LogP contribution is -2.14. The molecule has 0 N–H and O–H groups in total. The topological polar surface area (TPSA) is 48.5 Å². The summed E-state index contributed by atoms with van der Waals surface area (Å²) in [7, 11) is 0. The van der Waals surface area contributed by atoms with E-state index in [-0.39, 0.29) is 5.41 Å². The molecule has 4 aromatic heterocycles. The van der Waals surface area contributed by atoms with Gasteiger partial charge in [0.05, 0.1) is 22.1 Å². The molecule has 4 heterocycles. The van der Waals surface area contributed by atoms with Crippen LogP contribution in [0.2, 0.25) is 0 Å². The predicted molar refractivity (Wildman–Crippen MR) is 405 cm³/mol. The molecular formula is C88H87N5S. The molecule has 15 aromatic rings. The highest BCUT2D eigenvalue weighted by Crippen LogP contribution is 2.48. The smallest absolute Gasteiger partial charge is 0.237 e. The van der Waals surface area contributed by atoms with Crippen LogP contribution in [0.25, 0.3) is 98.4 Å². The Morgan fingerprint density at radius 3 is 1.31 bits per heavy atom. The van der Waals surface area contributed by atoms with Crippen molar-refractivity contribution >= 4 is 75.8 Å². The van der Waals surface area contributed by atoms with Crippen LogP contribution in [0.4, 0.5) is 0 Å². The Balaban J connectivity index is 0.000000111. The Bertz CT molecular complexity index is 4810. The highest BCUT2D eigenvalue weighted by atomic mass is 32.1. The summed E-state index contributed by atoms with van der Waals surface area (Å²) in [5, 5.41) is 9.21. The van der Waals surface area contributed by atoms with Crippen molar-refractivity contribution in [2.45, 2.75) is 121 Å². The fourth-order valence-corrected chi connectivity index (χ4v) is 15.1. The molecule has 1 fully saturated rings. The second kappa shape index (κ2) is 27.8. The van der Waals surface area contributed by atoms with E-state index < -0.39 is 0 Å². The Hall–Kier alpha value is -9.75. The third-order valence-electron chi connectivity index (χ3n) is 18.9. The number of hydrogen-bond acceptors (Lipinski definition) is 4. The Morgan fingerprint density at radius 2 is 0.809 bits per heavy atom. The summed E-state index contributed by atoms with van der Waals surface area (Å²) in [6.45, 7) is 26.5. The number of fused-ring (bicyclic) bond motifs is 11. The van der Waals surface area contributed by atoms with Crippen LogP contribution in [-0.2, 0) is 5.41 Å². The molecule has 94 heavy (non-hydrogen) atoms. The van der Waals surface area contributed by atoms with Crippen LogP contribution in [0.15, 0.2) is 249 Å². The maximum Gasteiger partial charge on any atom is 0.237 e. The van der Waals surface area contributed by atoms with E-state index in [9.17, 15) is 0 Å². The molecule has 0 atom stereocenters. The fourth-order valence-electron chi connectivity index (χ4n) is 14.0. The number of thiophene rings is 1. The van der Waals surface area contributed by atoms with Gasteiger partial charge >= 0.3 is 0 Å². The molecular weight excluding hydrogens is 1160 g/mol. The molecule has 5 nitrogen and oxygen atoms in total. The molecule has 0 unspecified atom stereocenters. The Morgan fingerprint density at radius 1 is 0.372 bits per heavy atom. The highest BCUT2D eigenvalue weighted by molar-refractivity contribution is 7.19. The minimum atomic E-state index is 0.160. The minimum absolute atomic E-state index is 0.160. The standard InChI is InChI=1S/C20H17N.C17H14N4.C16H14S.C15H14.C12H12.C8H16/c1-14-8-10-19-17(12-14)18-13-15(2)9-11-20(18)21(19)16-6-4-3-5-7-16;1-11-3-5-15-13(7-11)14-8-12(2)4-6-16(14)21(15)17-19-9-18-10-20-17;1-11-8-9-14-15(10-11)17-12(2)16(14)13-6-4-3-5-7-13;1-15(2)13-9-5-3-7-11(13)12-8-4-6-10-14(12)15;1-9-6-7-12-10(2)4-3-5-11(12)8-9;1-8(2)6-4-3-5-7-8/h3-13H,1-2H3;3-10H,1-2H3;3-10H,1-2H3;3-10H,1-2H3;3-8H,1-2H3;3-7H2,1-2H3. The summed E-state index contributed by atoms with van der Waals surface area (Å²) < 4.78 is 5.83. The van der Waals surface area contributed by atoms with Gasteiger partial charge in [-0.05, 0) is 190 Å². The van der Waals surface area contributed by atoms with Crippen LogP contribution in [0.5, 0.6) is 0 Å². The zero-order valence-electron chi connectivity index (χ0n) is 56.9. The van der Waals surface area contributed by atoms with E-state index in [1.807, 2.05) is 11.3 Å². The molecule has 6 heteroatoms. The monoisotopic (exact) mass is 1250 g/mol. The molecule has 0 spiro atoms. The number of rotatable bonds is 3. The number of para-hydroxylation sites is 1. The van der Waals surface area contributed by atoms with Gasteiger partial charge in [-0.1, -0.05) is 245 Å². The SMILES string of the molecule is CC1(C)CCCCC1.CC1(C)c2ccccc2-c2ccccc21.Cc1ccc2c(-c3ccccc3)c(C)sc2c1.Cc1ccc2c(C)cccc2c1.Cc1ccc2c(c1)c1cc(C)ccc1n2-c1ccccc1.Cc1ccc2c(c1)c1cc(C)ccc1n2-c1ncncn1. The van der Waals surface area contributed by atoms with Crippen LogP contribution in [-0.4, -0.2) is 24.1 Å². The molecule has 0 saturated heterocycles. The van der Waals surface area contributed by atoms with Crippen LogP contribution in [0.3, 0.4) is 0 Å². The lowest BCUT2D eigenvalue weighted by atomic mass is 9.78. The van der Waals surface area contributed by atoms with E-state index in [0.717, 1.165) is 11.0 Å². The molecule has 11 aromatic carbocycles. The maximum atomic E-state index is 4.31. The molecule has 2 aliphatic carbocycles. The number of aryl methyl sites for hydroxylation is 8. The van der Waals surface area contributed by atoms with E-state index in [1.54, 1.807) is 0 Å². The fraction of sp³-hybridized carbons (Fsp3) is 0.216. The first-order chi connectivity index (χ1) is 45.4. The van der Waals surface area contributed by atoms with Gasteiger partial charge < -0.3 is 4.57 Å². The Labute approximate surface area is 560 Å². The third-order valence-corrected chi connectivity index (χ3v) is 20.0. The quantitative estimate of drug-likeness (QED) is 0.177. The van der Waals surface area contributed by atoms with Crippen molar-refractivity contribution in [3.05, 3.63) is 304 Å². The lowest BCUT2D eigenvalue weighted by molar-refractivity contribution is 0.244. The number of hydrogen-bond donors (Lipinski definition) is 0. The van der Waals surface area contributed by atoms with Gasteiger partial charge in [0.2, 0.25) is 5.95 Å². The first kappa shape index (κ1) is 64.4. The van der Waals surface area contributed by atoms with Crippen molar-refractivity contribution in [1.29, 1.82) is 0 Å². The predicted octanol–water partition coefficient (Wildman–Crippen LogP) is 24.6. The van der Waals surface area contributed by atoms with E-state index in [0.29, 0.717) is 11.4 Å². The van der Waals surface area contributed by atoms with E-state index in [2.05, 4.69) is 344 Å². The molecule has 2 aliphatic rings. The number of aromatic nitrogens is 5. The van der Waals surface area contributed by atoms with Crippen molar-refractivity contribution in [2.75, 3.05) is 0 Å². The molecule has 0 bridgehead atoms. The first-order valence-corrected chi connectivity index (χ1v) is 34.2. The molecule has 470 valence electrons. The van der Waals surface area contributed by atoms with E-state index in [4.69, 9.17) is 0 Å². The van der Waals surface area contributed by atoms with Gasteiger partial charge in [0.1, 0.15) is 12.7 Å². The van der Waals surface area contributed by atoms with Gasteiger partial charge in [-0.15, -0.1) is 11.3 Å². The van der Waals surface area contributed by atoms with Crippen LogP contribution in [0.1, 0.15) is 115 Å². The zero-order valence-corrected chi connectivity index (χ0v) is 57.7. The Kier molecular flexibility index (Phi) is 19.1. The lowest BCUT2D eigenvalue weighted by Gasteiger charge is -2.28. The third kappa shape index (κ3) is 13.8. The minimum Gasteiger partial charge on any atom is -0.309 e. The normalized spacial score (nSPS) is 13.3. The van der Waals surface area contributed by atoms with Gasteiger partial charge in [-0.3, -0.25) is 4.57 Å². The zero-order chi connectivity index (χ0) is 65.7.